The maximum atomic E-state index is 12.6. The fourth-order valence-corrected chi connectivity index (χ4v) is 4.07. The molecule has 0 aliphatic carbocycles. The molecular weight excluding hydrogens is 364 g/mol. The van der Waals surface area contributed by atoms with Crippen molar-refractivity contribution in [2.24, 2.45) is 7.05 Å². The van der Waals surface area contributed by atoms with E-state index >= 15 is 0 Å². The van der Waals surface area contributed by atoms with Gasteiger partial charge in [0.2, 0.25) is 0 Å². The highest BCUT2D eigenvalue weighted by molar-refractivity contribution is 6.04. The van der Waals surface area contributed by atoms with Gasteiger partial charge < -0.3 is 5.32 Å². The van der Waals surface area contributed by atoms with E-state index in [0.717, 1.165) is 36.7 Å². The van der Waals surface area contributed by atoms with Crippen LogP contribution >= 0.6 is 0 Å². The number of nitrogens with one attached hydrogen (secondary N) is 1. The maximum Gasteiger partial charge on any atom is 0.255 e. The van der Waals surface area contributed by atoms with E-state index in [0.29, 0.717) is 11.6 Å². The van der Waals surface area contributed by atoms with Crippen LogP contribution in [0.1, 0.15) is 40.2 Å². The van der Waals surface area contributed by atoms with Crippen LogP contribution in [0.25, 0.3) is 0 Å². The molecule has 7 heteroatoms. The van der Waals surface area contributed by atoms with Crippen molar-refractivity contribution in [1.82, 2.24) is 24.5 Å². The van der Waals surface area contributed by atoms with Crippen molar-refractivity contribution in [3.63, 3.8) is 0 Å². The molecule has 7 nitrogen and oxygen atoms in total. The molecule has 1 amide bonds. The van der Waals surface area contributed by atoms with Gasteiger partial charge in [0.15, 0.2) is 0 Å². The summed E-state index contributed by atoms with van der Waals surface area (Å²) in [7, 11) is 1.88. The number of anilines is 1. The average Bonchev–Trinajstić information content (AvgIpc) is 3.43. The first-order valence-electron chi connectivity index (χ1n) is 10.1. The molecule has 3 heterocycles. The number of carbonyl (C=O) groups is 1. The minimum Gasteiger partial charge on any atom is -0.319 e. The topological polar surface area (TPSA) is 68.0 Å². The fraction of sp³-hybridized carbons (Fsp3) is 0.409. The molecule has 3 aromatic rings. The molecule has 0 unspecified atom stereocenters. The van der Waals surface area contributed by atoms with Crippen molar-refractivity contribution >= 4 is 11.6 Å². The largest absolute Gasteiger partial charge is 0.319 e. The van der Waals surface area contributed by atoms with E-state index in [-0.39, 0.29) is 5.91 Å². The third kappa shape index (κ3) is 4.24. The molecule has 1 fully saturated rings. The zero-order valence-electron chi connectivity index (χ0n) is 17.3. The summed E-state index contributed by atoms with van der Waals surface area (Å²) in [6.07, 6.45) is 6.27. The number of hydrogen-bond donors (Lipinski definition) is 1. The zero-order chi connectivity index (χ0) is 20.4. The van der Waals surface area contributed by atoms with Gasteiger partial charge in [-0.1, -0.05) is 12.1 Å². The number of rotatable bonds is 6. The van der Waals surface area contributed by atoms with Crippen LogP contribution in [0.2, 0.25) is 0 Å². The van der Waals surface area contributed by atoms with Gasteiger partial charge >= 0.3 is 0 Å². The molecule has 1 saturated heterocycles. The first kappa shape index (κ1) is 19.4. The number of likely N-dealkylation sites (tertiary alicyclic amines) is 1. The highest BCUT2D eigenvalue weighted by atomic mass is 16.1. The summed E-state index contributed by atoms with van der Waals surface area (Å²) in [5.41, 5.74) is 4.45. The molecule has 1 N–H and O–H groups in total. The van der Waals surface area contributed by atoms with E-state index in [1.165, 1.54) is 18.4 Å². The summed E-state index contributed by atoms with van der Waals surface area (Å²) in [5, 5.41) is 11.7. The van der Waals surface area contributed by atoms with Gasteiger partial charge in [-0.15, -0.1) is 0 Å². The monoisotopic (exact) mass is 392 g/mol. The Morgan fingerprint density at radius 2 is 2.03 bits per heavy atom. The van der Waals surface area contributed by atoms with E-state index < -0.39 is 0 Å². The Morgan fingerprint density at radius 3 is 2.69 bits per heavy atom. The number of hydrogen-bond acceptors (Lipinski definition) is 4. The van der Waals surface area contributed by atoms with Crippen LogP contribution in [-0.2, 0) is 20.1 Å². The first-order valence-corrected chi connectivity index (χ1v) is 10.1. The van der Waals surface area contributed by atoms with Crippen molar-refractivity contribution < 1.29 is 4.79 Å². The van der Waals surface area contributed by atoms with Crippen LogP contribution in [0.5, 0.6) is 0 Å². The van der Waals surface area contributed by atoms with Gasteiger partial charge in [0.1, 0.15) is 0 Å². The second kappa shape index (κ2) is 8.21. The Balaban J connectivity index is 1.39. The molecule has 4 rings (SSSR count). The number of aryl methyl sites for hydroxylation is 2. The Kier molecular flexibility index (Phi) is 5.49. The molecule has 0 saturated carbocycles. The van der Waals surface area contributed by atoms with Crippen molar-refractivity contribution in [1.29, 1.82) is 0 Å². The third-order valence-electron chi connectivity index (χ3n) is 5.81. The van der Waals surface area contributed by atoms with E-state index in [2.05, 4.69) is 32.5 Å². The zero-order valence-corrected chi connectivity index (χ0v) is 17.3. The van der Waals surface area contributed by atoms with Crippen molar-refractivity contribution in [2.45, 2.75) is 45.8 Å². The number of amides is 1. The Labute approximate surface area is 171 Å². The number of carbonyl (C=O) groups excluding carboxylic acids is 1. The molecule has 1 atom stereocenters. The lowest BCUT2D eigenvalue weighted by Gasteiger charge is -2.24. The quantitative estimate of drug-likeness (QED) is 0.700. The van der Waals surface area contributed by atoms with Crippen molar-refractivity contribution in [3.05, 3.63) is 65.2 Å². The molecule has 1 aliphatic heterocycles. The van der Waals surface area contributed by atoms with Gasteiger partial charge in [-0.25, -0.2) is 0 Å². The van der Waals surface area contributed by atoms with E-state index in [1.807, 2.05) is 56.2 Å². The highest BCUT2D eigenvalue weighted by Gasteiger charge is 2.25. The van der Waals surface area contributed by atoms with Crippen LogP contribution in [0.15, 0.2) is 42.7 Å². The van der Waals surface area contributed by atoms with E-state index in [1.54, 1.807) is 4.68 Å². The Morgan fingerprint density at radius 1 is 1.24 bits per heavy atom. The predicted molar refractivity (Wildman–Crippen MR) is 113 cm³/mol. The lowest BCUT2D eigenvalue weighted by atomic mass is 10.1. The SMILES string of the molecule is Cc1nn(C)c(C)c1NC(=O)c1ccc(CN2CCC[C@H]2Cn2cccn2)cc1. The van der Waals surface area contributed by atoms with Gasteiger partial charge in [0.05, 0.1) is 23.6 Å². The lowest BCUT2D eigenvalue weighted by Crippen LogP contribution is -2.32. The average molecular weight is 393 g/mol. The summed E-state index contributed by atoms with van der Waals surface area (Å²) < 4.78 is 3.79. The van der Waals surface area contributed by atoms with Crippen LogP contribution in [0.4, 0.5) is 5.69 Å². The van der Waals surface area contributed by atoms with E-state index in [9.17, 15) is 4.79 Å². The van der Waals surface area contributed by atoms with Gasteiger partial charge in [0, 0.05) is 37.6 Å². The summed E-state index contributed by atoms with van der Waals surface area (Å²) in [6.45, 7) is 6.79. The lowest BCUT2D eigenvalue weighted by molar-refractivity contribution is 0.102. The molecule has 152 valence electrons. The second-order valence-corrected chi connectivity index (χ2v) is 7.82. The Bertz CT molecular complexity index is 974. The summed E-state index contributed by atoms with van der Waals surface area (Å²) >= 11 is 0. The summed E-state index contributed by atoms with van der Waals surface area (Å²) in [4.78, 5) is 15.2. The molecule has 1 aromatic carbocycles. The van der Waals surface area contributed by atoms with Gasteiger partial charge in [0.25, 0.3) is 5.91 Å². The normalized spacial score (nSPS) is 17.0. The fourth-order valence-electron chi connectivity index (χ4n) is 4.07. The predicted octanol–water partition coefficient (Wildman–Crippen LogP) is 3.15. The maximum absolute atomic E-state index is 12.6. The second-order valence-electron chi connectivity index (χ2n) is 7.82. The molecular formula is C22H28N6O. The number of benzene rings is 1. The number of aromatic nitrogens is 4. The van der Waals surface area contributed by atoms with Crippen LogP contribution in [0.3, 0.4) is 0 Å². The first-order chi connectivity index (χ1) is 14.0. The minimum atomic E-state index is -0.103. The Hall–Kier alpha value is -2.93. The molecule has 2 aromatic heterocycles. The van der Waals surface area contributed by atoms with E-state index in [4.69, 9.17) is 0 Å². The van der Waals surface area contributed by atoms with Crippen LogP contribution in [-0.4, -0.2) is 43.0 Å². The van der Waals surface area contributed by atoms with Gasteiger partial charge in [-0.05, 0) is 57.0 Å². The summed E-state index contributed by atoms with van der Waals surface area (Å²) in [6, 6.07) is 10.4. The van der Waals surface area contributed by atoms with Gasteiger partial charge in [-0.2, -0.15) is 10.2 Å². The van der Waals surface area contributed by atoms with Crippen LogP contribution < -0.4 is 5.32 Å². The highest BCUT2D eigenvalue weighted by Crippen LogP contribution is 2.22. The molecule has 29 heavy (non-hydrogen) atoms. The molecule has 0 spiro atoms. The van der Waals surface area contributed by atoms with Gasteiger partial charge in [-0.3, -0.25) is 19.1 Å². The molecule has 0 bridgehead atoms. The smallest absolute Gasteiger partial charge is 0.255 e. The minimum absolute atomic E-state index is 0.103. The standard InChI is InChI=1S/C22H28N6O/c1-16-21(17(2)26(3)25-16)24-22(29)19-9-7-18(8-10-19)14-27-12-4-6-20(27)15-28-13-5-11-23-28/h5,7-11,13,20H,4,6,12,14-15H2,1-3H3,(H,24,29)/t20-/m0/s1. The van der Waals surface area contributed by atoms with Crippen LogP contribution in [0, 0.1) is 13.8 Å². The summed E-state index contributed by atoms with van der Waals surface area (Å²) in [5.74, 6) is -0.103. The molecule has 0 radical (unpaired) electrons. The number of nitrogens with zero attached hydrogens (tertiary/aromatic N) is 5. The third-order valence-corrected chi connectivity index (χ3v) is 5.81. The van der Waals surface area contributed by atoms with Crippen molar-refractivity contribution in [3.8, 4) is 0 Å². The van der Waals surface area contributed by atoms with Crippen molar-refractivity contribution in [2.75, 3.05) is 11.9 Å². The molecule has 1 aliphatic rings.